The van der Waals surface area contributed by atoms with E-state index in [0.717, 1.165) is 21.9 Å². The van der Waals surface area contributed by atoms with Gasteiger partial charge in [-0.25, -0.2) is 0 Å². The number of imide groups is 1. The molecule has 6 unspecified atom stereocenters. The first kappa shape index (κ1) is 30.0. The summed E-state index contributed by atoms with van der Waals surface area (Å²) in [5.74, 6) is -0.326. The normalized spacial score (nSPS) is 29.5. The Morgan fingerprint density at radius 3 is 2.48 bits per heavy atom. The van der Waals surface area contributed by atoms with Crippen LogP contribution in [0.3, 0.4) is 0 Å². The lowest BCUT2D eigenvalue weighted by molar-refractivity contribution is -0.137. The number of benzene rings is 2. The highest BCUT2D eigenvalue weighted by atomic mass is 35.5. The molecule has 240 valence electrons. The molecule has 0 spiro atoms. The first-order valence-corrected chi connectivity index (χ1v) is 17.7. The van der Waals surface area contributed by atoms with Crippen molar-refractivity contribution in [2.24, 2.45) is 29.6 Å². The second kappa shape index (κ2) is 11.7. The van der Waals surface area contributed by atoms with E-state index in [9.17, 15) is 19.2 Å². The lowest BCUT2D eigenvalue weighted by Gasteiger charge is -2.43. The van der Waals surface area contributed by atoms with Crippen LogP contribution in [-0.2, 0) is 19.1 Å². The third-order valence-corrected chi connectivity index (χ3v) is 13.0. The molecule has 3 amide bonds. The monoisotopic (exact) mass is 681 g/mol. The van der Waals surface area contributed by atoms with E-state index in [1.54, 1.807) is 40.9 Å². The molecule has 2 saturated heterocycles. The van der Waals surface area contributed by atoms with Gasteiger partial charge in [0.1, 0.15) is 0 Å². The number of carbonyl (C=O) groups is 3. The summed E-state index contributed by atoms with van der Waals surface area (Å²) in [5.41, 5.74) is 1.50. The number of hydrogen-bond acceptors (Lipinski definition) is 9. The van der Waals surface area contributed by atoms with Crippen molar-refractivity contribution in [2.45, 2.75) is 29.5 Å². The molecule has 8 rings (SSSR count). The summed E-state index contributed by atoms with van der Waals surface area (Å²) in [6.07, 6.45) is 0.794. The molecule has 13 heteroatoms. The Morgan fingerprint density at radius 1 is 1.00 bits per heavy atom. The topological polar surface area (TPSA) is 118 Å². The molecule has 4 fully saturated rings. The molecule has 1 aromatic heterocycles. The number of hydrogen-bond donors (Lipinski definition) is 1. The number of nitrogens with one attached hydrogen (secondary N) is 1. The van der Waals surface area contributed by atoms with Gasteiger partial charge in [0, 0.05) is 34.2 Å². The maximum atomic E-state index is 14.0. The maximum absolute atomic E-state index is 14.0. The summed E-state index contributed by atoms with van der Waals surface area (Å²) in [6, 6.07) is 12.6. The zero-order valence-corrected chi connectivity index (χ0v) is 27.4. The summed E-state index contributed by atoms with van der Waals surface area (Å²) >= 11 is 8.96. The summed E-state index contributed by atoms with van der Waals surface area (Å²) in [4.78, 5) is 60.3. The molecule has 3 aromatic rings. The van der Waals surface area contributed by atoms with Gasteiger partial charge in [-0.1, -0.05) is 29.0 Å². The van der Waals surface area contributed by atoms with Gasteiger partial charge in [0.05, 0.1) is 42.4 Å². The fourth-order valence-corrected chi connectivity index (χ4v) is 11.4. The van der Waals surface area contributed by atoms with E-state index in [0.29, 0.717) is 55.1 Å². The molecule has 2 saturated carbocycles. The van der Waals surface area contributed by atoms with Crippen LogP contribution in [0.25, 0.3) is 0 Å². The Kier molecular flexibility index (Phi) is 7.66. The molecular formula is C33H32ClN3O7S2. The zero-order chi connectivity index (χ0) is 31.7. The van der Waals surface area contributed by atoms with Crippen molar-refractivity contribution in [1.29, 1.82) is 0 Å². The fourth-order valence-electron chi connectivity index (χ4n) is 8.38. The number of fused-ring (bicyclic) bond motifs is 9. The predicted molar refractivity (Wildman–Crippen MR) is 173 cm³/mol. The maximum Gasteiger partial charge on any atom is 0.305 e. The zero-order valence-electron chi connectivity index (χ0n) is 25.0. The second-order valence-corrected chi connectivity index (χ2v) is 15.0. The molecule has 7 atom stereocenters. The van der Waals surface area contributed by atoms with Crippen molar-refractivity contribution in [1.82, 2.24) is 9.88 Å². The van der Waals surface area contributed by atoms with Crippen LogP contribution in [0.2, 0.25) is 5.02 Å². The summed E-state index contributed by atoms with van der Waals surface area (Å²) in [5, 5.41) is 1.44. The summed E-state index contributed by atoms with van der Waals surface area (Å²) in [7, 11) is 0. The van der Waals surface area contributed by atoms with Crippen molar-refractivity contribution in [2.75, 3.05) is 44.4 Å². The van der Waals surface area contributed by atoms with E-state index in [1.807, 2.05) is 25.1 Å². The highest BCUT2D eigenvalue weighted by Crippen LogP contribution is 2.68. The van der Waals surface area contributed by atoms with E-state index in [2.05, 4.69) is 4.98 Å². The average molecular weight is 682 g/mol. The van der Waals surface area contributed by atoms with E-state index in [4.69, 9.17) is 25.8 Å². The highest BCUT2D eigenvalue weighted by Gasteiger charge is 2.69. The number of morpholine rings is 1. The van der Waals surface area contributed by atoms with Crippen molar-refractivity contribution in [3.05, 3.63) is 67.6 Å². The van der Waals surface area contributed by atoms with Crippen LogP contribution in [0.1, 0.15) is 29.7 Å². The van der Waals surface area contributed by atoms with E-state index < -0.39 is 5.92 Å². The van der Waals surface area contributed by atoms with Crippen LogP contribution in [0.4, 0.5) is 5.69 Å². The first-order valence-electron chi connectivity index (χ1n) is 15.6. The summed E-state index contributed by atoms with van der Waals surface area (Å²) in [6.45, 7) is 4.30. The van der Waals surface area contributed by atoms with E-state index >= 15 is 0 Å². The van der Waals surface area contributed by atoms with Crippen molar-refractivity contribution >= 4 is 58.1 Å². The number of carbonyl (C=O) groups excluding carboxylic acids is 3. The Hall–Kier alpha value is -3.32. The Bertz CT molecular complexity index is 1770. The van der Waals surface area contributed by atoms with Crippen molar-refractivity contribution in [3.8, 4) is 11.5 Å². The minimum absolute atomic E-state index is 0.0120. The number of thiazole rings is 1. The van der Waals surface area contributed by atoms with Gasteiger partial charge in [0.15, 0.2) is 18.1 Å². The number of amides is 3. The number of aromatic nitrogens is 1. The lowest BCUT2D eigenvalue weighted by Crippen LogP contribution is -2.43. The molecule has 2 aliphatic carbocycles. The lowest BCUT2D eigenvalue weighted by atomic mass is 9.68. The standard InChI is InChI=1S/C33H32ClN3O7S2/c1-2-43-22-13-16(3-8-21(22)44-15-23(38)36-9-11-42-12-10-36)24-25-19-14-20(28(25)45-30-29(24)46-33(41)35-30)27-26(19)31(39)37(32(27)40)18-6-4-17(34)5-7-18/h3-8,13,19-20,24-28H,2,9-12,14-15H2,1H3,(H,35,41)/t19?,20?,24-,25?,26?,27?,28?/m1/s1. The number of H-pyrrole nitrogens is 1. The third-order valence-electron chi connectivity index (χ3n) is 10.2. The SMILES string of the molecule is CCOc1cc([C@H]2c3sc(=O)[nH]c3SC3C4CC(C5C(=O)N(c6ccc(Cl)cc6)C(=O)C45)C32)ccc1OCC(=O)N1CCOCC1. The molecule has 4 heterocycles. The Balaban J connectivity index is 1.12. The predicted octanol–water partition coefficient (Wildman–Crippen LogP) is 4.40. The number of aromatic amines is 1. The van der Waals surface area contributed by atoms with Gasteiger partial charge in [-0.05, 0) is 73.1 Å². The molecule has 0 radical (unpaired) electrons. The smallest absolute Gasteiger partial charge is 0.305 e. The van der Waals surface area contributed by atoms with Gasteiger partial charge < -0.3 is 24.1 Å². The molecular weight excluding hydrogens is 650 g/mol. The fraction of sp³-hybridized carbons (Fsp3) is 0.455. The number of anilines is 1. The number of halogens is 1. The minimum Gasteiger partial charge on any atom is -0.490 e. The first-order chi connectivity index (χ1) is 22.3. The minimum atomic E-state index is -0.407. The average Bonchev–Trinajstić information content (AvgIpc) is 3.80. The number of ether oxygens (including phenoxy) is 3. The quantitative estimate of drug-likeness (QED) is 0.365. The highest BCUT2D eigenvalue weighted by molar-refractivity contribution is 8.00. The van der Waals surface area contributed by atoms with Gasteiger partial charge in [-0.3, -0.25) is 24.1 Å². The second-order valence-electron chi connectivity index (χ2n) is 12.4. The van der Waals surface area contributed by atoms with Crippen molar-refractivity contribution < 1.29 is 28.6 Å². The van der Waals surface area contributed by atoms with Crippen LogP contribution < -0.4 is 19.2 Å². The van der Waals surface area contributed by atoms with Gasteiger partial charge in [0.2, 0.25) is 11.8 Å². The van der Waals surface area contributed by atoms with Crippen LogP contribution in [-0.4, -0.2) is 72.4 Å². The largest absolute Gasteiger partial charge is 0.490 e. The molecule has 46 heavy (non-hydrogen) atoms. The molecule has 5 aliphatic rings. The van der Waals surface area contributed by atoms with E-state index in [1.165, 1.54) is 16.2 Å². The Morgan fingerprint density at radius 2 is 1.74 bits per heavy atom. The number of thioether (sulfide) groups is 1. The van der Waals surface area contributed by atoms with Gasteiger partial charge >= 0.3 is 4.87 Å². The van der Waals surface area contributed by atoms with Crippen LogP contribution in [0, 0.1) is 29.6 Å². The molecule has 1 N–H and O–H groups in total. The Labute approximate surface area is 278 Å². The van der Waals surface area contributed by atoms with E-state index in [-0.39, 0.29) is 64.0 Å². The van der Waals surface area contributed by atoms with Crippen LogP contribution >= 0.6 is 34.7 Å². The van der Waals surface area contributed by atoms with Crippen LogP contribution in [0.15, 0.2) is 52.3 Å². The van der Waals surface area contributed by atoms with Crippen LogP contribution in [0.5, 0.6) is 11.5 Å². The number of nitrogens with zero attached hydrogens (tertiary/aromatic N) is 2. The molecule has 2 bridgehead atoms. The molecule has 2 aromatic carbocycles. The third kappa shape index (κ3) is 4.79. The van der Waals surface area contributed by atoms with Gasteiger partial charge in [0.25, 0.3) is 5.91 Å². The molecule has 10 nitrogen and oxygen atoms in total. The summed E-state index contributed by atoms with van der Waals surface area (Å²) < 4.78 is 17.4. The van der Waals surface area contributed by atoms with Gasteiger partial charge in [-0.15, -0.1) is 11.8 Å². The van der Waals surface area contributed by atoms with Crippen molar-refractivity contribution in [3.63, 3.8) is 0 Å². The molecule has 3 aliphatic heterocycles. The van der Waals surface area contributed by atoms with Gasteiger partial charge in [-0.2, -0.15) is 0 Å². The number of rotatable bonds is 7.